The molecule has 0 saturated heterocycles. The van der Waals surface area contributed by atoms with Crippen LogP contribution in [0.3, 0.4) is 0 Å². The van der Waals surface area contributed by atoms with Crippen LogP contribution in [0.5, 0.6) is 0 Å². The van der Waals surface area contributed by atoms with Gasteiger partial charge in [0, 0.05) is 5.92 Å². The number of rotatable bonds is 7. The third-order valence-electron chi connectivity index (χ3n) is 7.37. The zero-order valence-corrected chi connectivity index (χ0v) is 17.2. The Morgan fingerprint density at radius 3 is 2.63 bits per heavy atom. The number of hydrogen-bond acceptors (Lipinski definition) is 3. The first-order chi connectivity index (χ1) is 12.9. The van der Waals surface area contributed by atoms with Crippen molar-refractivity contribution in [3.05, 3.63) is 35.9 Å². The number of aliphatic hydroxyl groups is 1. The normalized spacial score (nSPS) is 32.5. The molecule has 0 spiro atoms. The molecule has 0 aliphatic heterocycles. The van der Waals surface area contributed by atoms with Crippen molar-refractivity contribution < 1.29 is 14.6 Å². The Labute approximate surface area is 164 Å². The van der Waals surface area contributed by atoms with E-state index in [0.717, 1.165) is 25.7 Å². The molecule has 2 aliphatic carbocycles. The number of fused-ring (bicyclic) bond motifs is 1. The quantitative estimate of drug-likeness (QED) is 0.632. The molecule has 3 rings (SSSR count). The summed E-state index contributed by atoms with van der Waals surface area (Å²) in [6.07, 6.45) is 8.88. The standard InChI is InChI=1S/C24H36O3/c1-17(9-7-10-18(2)25)20-14-15-21-22(13-8-16-24(20,21)3)27-23(26)19-11-5-4-6-12-19/h4-6,11-12,17-18,20-22,25H,7-10,13-16H2,1-3H3/t17-,18-,20+,21-,22-,24+/m0/s1. The zero-order chi connectivity index (χ0) is 19.4. The molecular formula is C24H36O3. The van der Waals surface area contributed by atoms with E-state index in [1.54, 1.807) is 0 Å². The minimum Gasteiger partial charge on any atom is -0.458 e. The SMILES string of the molecule is C[C@H](O)CCC[C@H](C)[C@H]1CC[C@H]2[C@@H](OC(=O)c3ccccc3)CCC[C@]12C. The highest BCUT2D eigenvalue weighted by molar-refractivity contribution is 5.89. The van der Waals surface area contributed by atoms with Crippen molar-refractivity contribution >= 4 is 5.97 Å². The van der Waals surface area contributed by atoms with Crippen LogP contribution in [0.25, 0.3) is 0 Å². The molecule has 0 bridgehead atoms. The number of hydrogen-bond donors (Lipinski definition) is 1. The molecule has 0 heterocycles. The summed E-state index contributed by atoms with van der Waals surface area (Å²) in [6, 6.07) is 9.39. The Morgan fingerprint density at radius 2 is 1.93 bits per heavy atom. The highest BCUT2D eigenvalue weighted by Gasteiger charge is 2.53. The largest absolute Gasteiger partial charge is 0.458 e. The Balaban J connectivity index is 1.64. The molecule has 0 amide bonds. The number of carbonyl (C=O) groups is 1. The molecule has 6 atom stereocenters. The summed E-state index contributed by atoms with van der Waals surface area (Å²) >= 11 is 0. The van der Waals surface area contributed by atoms with E-state index in [-0.39, 0.29) is 23.6 Å². The van der Waals surface area contributed by atoms with E-state index in [4.69, 9.17) is 4.74 Å². The lowest BCUT2D eigenvalue weighted by Crippen LogP contribution is -2.43. The van der Waals surface area contributed by atoms with E-state index in [1.807, 2.05) is 37.3 Å². The van der Waals surface area contributed by atoms with Gasteiger partial charge in [0.15, 0.2) is 0 Å². The van der Waals surface area contributed by atoms with Crippen LogP contribution in [0.2, 0.25) is 0 Å². The number of carbonyl (C=O) groups excluding carboxylic acids is 1. The molecule has 1 aromatic rings. The van der Waals surface area contributed by atoms with Gasteiger partial charge in [0.2, 0.25) is 0 Å². The molecule has 0 aromatic heterocycles. The molecule has 3 nitrogen and oxygen atoms in total. The van der Waals surface area contributed by atoms with Crippen molar-refractivity contribution in [1.29, 1.82) is 0 Å². The predicted molar refractivity (Wildman–Crippen MR) is 109 cm³/mol. The van der Waals surface area contributed by atoms with Gasteiger partial charge < -0.3 is 9.84 Å². The summed E-state index contributed by atoms with van der Waals surface area (Å²) in [4.78, 5) is 12.6. The van der Waals surface area contributed by atoms with Crippen LogP contribution < -0.4 is 0 Å². The molecule has 2 fully saturated rings. The van der Waals surface area contributed by atoms with Gasteiger partial charge in [-0.05, 0) is 74.8 Å². The number of esters is 1. The molecule has 0 unspecified atom stereocenters. The zero-order valence-electron chi connectivity index (χ0n) is 17.2. The molecule has 2 saturated carbocycles. The van der Waals surface area contributed by atoms with Crippen LogP contribution in [0.15, 0.2) is 30.3 Å². The summed E-state index contributed by atoms with van der Waals surface area (Å²) in [5.74, 6) is 1.69. The first-order valence-electron chi connectivity index (χ1n) is 10.9. The molecule has 1 N–H and O–H groups in total. The Bertz CT molecular complexity index is 611. The van der Waals surface area contributed by atoms with Crippen LogP contribution >= 0.6 is 0 Å². The summed E-state index contributed by atoms with van der Waals surface area (Å²) < 4.78 is 6.03. The number of aliphatic hydroxyl groups excluding tert-OH is 1. The third kappa shape index (κ3) is 4.56. The Kier molecular flexibility index (Phi) is 6.62. The second kappa shape index (κ2) is 8.77. The third-order valence-corrected chi connectivity index (χ3v) is 7.37. The van der Waals surface area contributed by atoms with Crippen molar-refractivity contribution in [3.8, 4) is 0 Å². The highest BCUT2D eigenvalue weighted by atomic mass is 16.5. The number of ether oxygens (including phenoxy) is 1. The minimum absolute atomic E-state index is 0.0612. The van der Waals surface area contributed by atoms with E-state index in [1.165, 1.54) is 25.7 Å². The van der Waals surface area contributed by atoms with E-state index in [2.05, 4.69) is 13.8 Å². The second-order valence-electron chi connectivity index (χ2n) is 9.26. The lowest BCUT2D eigenvalue weighted by Gasteiger charge is -2.46. The van der Waals surface area contributed by atoms with E-state index >= 15 is 0 Å². The van der Waals surface area contributed by atoms with Gasteiger partial charge in [-0.2, -0.15) is 0 Å². The van der Waals surface area contributed by atoms with Crippen LogP contribution in [0, 0.1) is 23.2 Å². The summed E-state index contributed by atoms with van der Waals surface area (Å²) in [6.45, 7) is 6.72. The van der Waals surface area contributed by atoms with Gasteiger partial charge in [-0.25, -0.2) is 4.79 Å². The van der Waals surface area contributed by atoms with Crippen molar-refractivity contribution in [2.45, 2.75) is 84.3 Å². The monoisotopic (exact) mass is 372 g/mol. The molecule has 2 aliphatic rings. The molecule has 1 aromatic carbocycles. The fraction of sp³-hybridized carbons (Fsp3) is 0.708. The average Bonchev–Trinajstić information content (AvgIpc) is 3.00. The van der Waals surface area contributed by atoms with Crippen molar-refractivity contribution in [2.24, 2.45) is 23.2 Å². The molecule has 150 valence electrons. The van der Waals surface area contributed by atoms with Gasteiger partial charge in [0.05, 0.1) is 11.7 Å². The molecule has 27 heavy (non-hydrogen) atoms. The first kappa shape index (κ1) is 20.4. The number of benzene rings is 1. The van der Waals surface area contributed by atoms with Crippen LogP contribution in [0.1, 0.15) is 82.5 Å². The fourth-order valence-electron chi connectivity index (χ4n) is 5.95. The van der Waals surface area contributed by atoms with E-state index in [0.29, 0.717) is 23.3 Å². The minimum atomic E-state index is -0.194. The lowest BCUT2D eigenvalue weighted by atomic mass is 9.61. The maximum Gasteiger partial charge on any atom is 0.338 e. The maximum atomic E-state index is 12.6. The highest BCUT2D eigenvalue weighted by Crippen LogP contribution is 2.58. The van der Waals surface area contributed by atoms with Gasteiger partial charge in [-0.1, -0.05) is 44.9 Å². The van der Waals surface area contributed by atoms with Crippen molar-refractivity contribution in [3.63, 3.8) is 0 Å². The maximum absolute atomic E-state index is 12.6. The van der Waals surface area contributed by atoms with Crippen molar-refractivity contribution in [2.75, 3.05) is 0 Å². The first-order valence-corrected chi connectivity index (χ1v) is 10.9. The van der Waals surface area contributed by atoms with Crippen molar-refractivity contribution in [1.82, 2.24) is 0 Å². The van der Waals surface area contributed by atoms with E-state index < -0.39 is 0 Å². The van der Waals surface area contributed by atoms with Gasteiger partial charge in [-0.3, -0.25) is 0 Å². The van der Waals surface area contributed by atoms with Crippen LogP contribution in [0.4, 0.5) is 0 Å². The predicted octanol–water partition coefficient (Wildman–Crippen LogP) is 5.62. The second-order valence-corrected chi connectivity index (χ2v) is 9.26. The molecule has 3 heteroatoms. The van der Waals surface area contributed by atoms with Crippen LogP contribution in [-0.4, -0.2) is 23.3 Å². The Hall–Kier alpha value is -1.35. The average molecular weight is 373 g/mol. The van der Waals surface area contributed by atoms with E-state index in [9.17, 15) is 9.90 Å². The molecule has 0 radical (unpaired) electrons. The molecular weight excluding hydrogens is 336 g/mol. The van der Waals surface area contributed by atoms with Gasteiger partial charge in [0.1, 0.15) is 6.10 Å². The smallest absolute Gasteiger partial charge is 0.338 e. The lowest BCUT2D eigenvalue weighted by molar-refractivity contribution is -0.0474. The van der Waals surface area contributed by atoms with Gasteiger partial charge >= 0.3 is 5.97 Å². The fourth-order valence-corrected chi connectivity index (χ4v) is 5.95. The van der Waals surface area contributed by atoms with Gasteiger partial charge in [-0.15, -0.1) is 0 Å². The summed E-state index contributed by atoms with van der Waals surface area (Å²) in [5, 5.41) is 9.53. The summed E-state index contributed by atoms with van der Waals surface area (Å²) in [5.41, 5.74) is 0.940. The topological polar surface area (TPSA) is 46.5 Å². The van der Waals surface area contributed by atoms with Crippen LogP contribution in [-0.2, 0) is 4.74 Å². The summed E-state index contributed by atoms with van der Waals surface area (Å²) in [7, 11) is 0. The van der Waals surface area contributed by atoms with Gasteiger partial charge in [0.25, 0.3) is 0 Å². The Morgan fingerprint density at radius 1 is 1.19 bits per heavy atom.